The first-order valence-electron chi connectivity index (χ1n) is 7.11. The van der Waals surface area contributed by atoms with E-state index >= 15 is 0 Å². The fourth-order valence-electron chi connectivity index (χ4n) is 3.32. The van der Waals surface area contributed by atoms with E-state index in [4.69, 9.17) is 0 Å². The summed E-state index contributed by atoms with van der Waals surface area (Å²) < 4.78 is 0. The number of aliphatic hydroxyl groups excluding tert-OH is 1. The summed E-state index contributed by atoms with van der Waals surface area (Å²) in [6, 6.07) is 20.6. The smallest absolute Gasteiger partial charge is 0.105 e. The molecule has 4 rings (SSSR count). The van der Waals surface area contributed by atoms with Crippen LogP contribution in [0, 0.1) is 0 Å². The molecule has 0 unspecified atom stereocenters. The van der Waals surface area contributed by atoms with Gasteiger partial charge in [0.2, 0.25) is 0 Å². The van der Waals surface area contributed by atoms with E-state index in [0.717, 1.165) is 24.0 Å². The minimum atomic E-state index is -0.555. The van der Waals surface area contributed by atoms with Crippen molar-refractivity contribution in [2.75, 3.05) is 0 Å². The monoisotopic (exact) mass is 260 g/mol. The quantitative estimate of drug-likeness (QED) is 0.738. The SMILES string of the molecule is O[C@@H](c1ccccc1)c1ccc2c3c(cccc13)CC2. The highest BCUT2D eigenvalue weighted by Gasteiger charge is 2.19. The van der Waals surface area contributed by atoms with Gasteiger partial charge in [-0.1, -0.05) is 60.7 Å². The maximum atomic E-state index is 10.7. The van der Waals surface area contributed by atoms with E-state index in [9.17, 15) is 5.11 Å². The molecular weight excluding hydrogens is 244 g/mol. The van der Waals surface area contributed by atoms with Crippen molar-refractivity contribution < 1.29 is 5.11 Å². The van der Waals surface area contributed by atoms with Gasteiger partial charge in [-0.05, 0) is 45.9 Å². The summed E-state index contributed by atoms with van der Waals surface area (Å²) in [6.07, 6.45) is 1.69. The molecule has 0 bridgehead atoms. The molecule has 98 valence electrons. The van der Waals surface area contributed by atoms with Crippen LogP contribution >= 0.6 is 0 Å². The second-order valence-corrected chi connectivity index (χ2v) is 5.47. The first-order chi connectivity index (χ1) is 9.84. The first-order valence-corrected chi connectivity index (χ1v) is 7.11. The molecule has 0 aromatic heterocycles. The van der Waals surface area contributed by atoms with Crippen LogP contribution in [0.5, 0.6) is 0 Å². The highest BCUT2D eigenvalue weighted by Crippen LogP contribution is 2.36. The van der Waals surface area contributed by atoms with Crippen LogP contribution < -0.4 is 0 Å². The van der Waals surface area contributed by atoms with E-state index in [1.54, 1.807) is 0 Å². The van der Waals surface area contributed by atoms with Crippen molar-refractivity contribution in [3.63, 3.8) is 0 Å². The molecule has 3 aromatic carbocycles. The van der Waals surface area contributed by atoms with Gasteiger partial charge < -0.3 is 5.11 Å². The second kappa shape index (κ2) is 4.46. The van der Waals surface area contributed by atoms with Gasteiger partial charge in [0.05, 0.1) is 0 Å². The van der Waals surface area contributed by atoms with E-state index in [2.05, 4.69) is 30.3 Å². The van der Waals surface area contributed by atoms with Gasteiger partial charge in [-0.2, -0.15) is 0 Å². The third-order valence-corrected chi connectivity index (χ3v) is 4.32. The molecule has 1 aliphatic rings. The van der Waals surface area contributed by atoms with Gasteiger partial charge in [0.1, 0.15) is 6.10 Å². The Bertz CT molecular complexity index is 764. The van der Waals surface area contributed by atoms with Crippen LogP contribution in [0.3, 0.4) is 0 Å². The fourth-order valence-corrected chi connectivity index (χ4v) is 3.32. The number of hydrogen-bond donors (Lipinski definition) is 1. The lowest BCUT2D eigenvalue weighted by Gasteiger charge is -2.15. The largest absolute Gasteiger partial charge is 0.384 e. The van der Waals surface area contributed by atoms with E-state index in [1.165, 1.54) is 21.9 Å². The zero-order chi connectivity index (χ0) is 13.5. The predicted octanol–water partition coefficient (Wildman–Crippen LogP) is 4.02. The Morgan fingerprint density at radius 1 is 0.750 bits per heavy atom. The highest BCUT2D eigenvalue weighted by molar-refractivity contribution is 5.93. The summed E-state index contributed by atoms with van der Waals surface area (Å²) >= 11 is 0. The van der Waals surface area contributed by atoms with E-state index in [0.29, 0.717) is 0 Å². The zero-order valence-electron chi connectivity index (χ0n) is 11.2. The molecule has 0 amide bonds. The van der Waals surface area contributed by atoms with Crippen molar-refractivity contribution in [2.45, 2.75) is 18.9 Å². The molecule has 0 spiro atoms. The van der Waals surface area contributed by atoms with Crippen molar-refractivity contribution in [3.8, 4) is 0 Å². The third-order valence-electron chi connectivity index (χ3n) is 4.32. The molecule has 1 nitrogen and oxygen atoms in total. The van der Waals surface area contributed by atoms with Crippen LogP contribution in [0.2, 0.25) is 0 Å². The average molecular weight is 260 g/mol. The van der Waals surface area contributed by atoms with Crippen LogP contribution in [-0.2, 0) is 12.8 Å². The minimum Gasteiger partial charge on any atom is -0.384 e. The van der Waals surface area contributed by atoms with Crippen LogP contribution in [0.25, 0.3) is 10.8 Å². The summed E-state index contributed by atoms with van der Waals surface area (Å²) in [5, 5.41) is 13.3. The lowest BCUT2D eigenvalue weighted by molar-refractivity contribution is 0.222. The number of aryl methyl sites for hydroxylation is 2. The molecule has 0 radical (unpaired) electrons. The molecule has 0 heterocycles. The summed E-state index contributed by atoms with van der Waals surface area (Å²) in [6.45, 7) is 0. The molecule has 1 heteroatoms. The third kappa shape index (κ3) is 1.67. The molecule has 0 aliphatic heterocycles. The van der Waals surface area contributed by atoms with Crippen molar-refractivity contribution in [3.05, 3.63) is 82.9 Å². The Hall–Kier alpha value is -2.12. The summed E-state index contributed by atoms with van der Waals surface area (Å²) in [4.78, 5) is 0. The minimum absolute atomic E-state index is 0.555. The van der Waals surface area contributed by atoms with Gasteiger partial charge in [-0.3, -0.25) is 0 Å². The van der Waals surface area contributed by atoms with Crippen LogP contribution in [0.15, 0.2) is 60.7 Å². The molecular formula is C19H16O. The summed E-state index contributed by atoms with van der Waals surface area (Å²) in [7, 11) is 0. The van der Waals surface area contributed by atoms with Crippen molar-refractivity contribution in [1.82, 2.24) is 0 Å². The lowest BCUT2D eigenvalue weighted by Crippen LogP contribution is -2.00. The Kier molecular flexibility index (Phi) is 2.61. The fraction of sp³-hybridized carbons (Fsp3) is 0.158. The number of aliphatic hydroxyl groups is 1. The Balaban J connectivity index is 1.94. The van der Waals surface area contributed by atoms with Crippen LogP contribution in [-0.4, -0.2) is 5.11 Å². The molecule has 1 N–H and O–H groups in total. The van der Waals surface area contributed by atoms with Gasteiger partial charge in [0.15, 0.2) is 0 Å². The van der Waals surface area contributed by atoms with Gasteiger partial charge in [0.25, 0.3) is 0 Å². The van der Waals surface area contributed by atoms with E-state index in [1.807, 2.05) is 30.3 Å². The van der Waals surface area contributed by atoms with Gasteiger partial charge in [-0.25, -0.2) is 0 Å². The molecule has 1 aliphatic carbocycles. The van der Waals surface area contributed by atoms with Gasteiger partial charge in [0, 0.05) is 0 Å². The van der Waals surface area contributed by atoms with Crippen LogP contribution in [0.4, 0.5) is 0 Å². The lowest BCUT2D eigenvalue weighted by atomic mass is 9.93. The van der Waals surface area contributed by atoms with Crippen LogP contribution in [0.1, 0.15) is 28.4 Å². The maximum absolute atomic E-state index is 10.7. The predicted molar refractivity (Wildman–Crippen MR) is 81.9 cm³/mol. The van der Waals surface area contributed by atoms with E-state index in [-0.39, 0.29) is 0 Å². The molecule has 0 saturated heterocycles. The number of hydrogen-bond acceptors (Lipinski definition) is 1. The highest BCUT2D eigenvalue weighted by atomic mass is 16.3. The Labute approximate surface area is 118 Å². The first kappa shape index (κ1) is 11.7. The molecule has 3 aromatic rings. The number of benzene rings is 3. The molecule has 1 atom stereocenters. The Morgan fingerprint density at radius 3 is 2.30 bits per heavy atom. The van der Waals surface area contributed by atoms with Crippen molar-refractivity contribution in [1.29, 1.82) is 0 Å². The van der Waals surface area contributed by atoms with Crippen molar-refractivity contribution in [2.24, 2.45) is 0 Å². The number of rotatable bonds is 2. The second-order valence-electron chi connectivity index (χ2n) is 5.47. The van der Waals surface area contributed by atoms with Crippen molar-refractivity contribution >= 4 is 10.8 Å². The molecule has 20 heavy (non-hydrogen) atoms. The maximum Gasteiger partial charge on any atom is 0.105 e. The normalized spacial score (nSPS) is 14.7. The molecule has 0 fully saturated rings. The average Bonchev–Trinajstić information content (AvgIpc) is 2.93. The summed E-state index contributed by atoms with van der Waals surface area (Å²) in [5.74, 6) is 0. The zero-order valence-corrected chi connectivity index (χ0v) is 11.2. The standard InChI is InChI=1S/C19H16O/c20-19(15-5-2-1-3-6-15)17-12-11-14-10-9-13-7-4-8-16(17)18(13)14/h1-8,11-12,19-20H,9-10H2/t19-/m0/s1. The van der Waals surface area contributed by atoms with Gasteiger partial charge >= 0.3 is 0 Å². The van der Waals surface area contributed by atoms with E-state index < -0.39 is 6.10 Å². The molecule has 0 saturated carbocycles. The van der Waals surface area contributed by atoms with Gasteiger partial charge in [-0.15, -0.1) is 0 Å². The topological polar surface area (TPSA) is 20.2 Å². The Morgan fingerprint density at radius 2 is 1.50 bits per heavy atom. The summed E-state index contributed by atoms with van der Waals surface area (Å²) in [5.41, 5.74) is 4.80.